The van der Waals surface area contributed by atoms with Gasteiger partial charge in [-0.3, -0.25) is 0 Å². The molecule has 0 saturated heterocycles. The third-order valence-electron chi connectivity index (χ3n) is 2.47. The van der Waals surface area contributed by atoms with E-state index in [0.717, 1.165) is 5.56 Å². The van der Waals surface area contributed by atoms with Crippen molar-refractivity contribution in [2.24, 2.45) is 0 Å². The highest BCUT2D eigenvalue weighted by Crippen LogP contribution is 2.42. The van der Waals surface area contributed by atoms with Gasteiger partial charge in [0.25, 0.3) is 0 Å². The summed E-state index contributed by atoms with van der Waals surface area (Å²) < 4.78 is 21.7. The number of aliphatic hydroxyl groups excluding tert-OH is 1. The second-order valence-corrected chi connectivity index (χ2v) is 9.29. The normalized spacial score (nSPS) is 17.5. The molecule has 96 valence electrons. The molecule has 0 aromatic heterocycles. The molecule has 1 N–H and O–H groups in total. The van der Waals surface area contributed by atoms with E-state index in [9.17, 15) is 13.5 Å². The molecule has 0 saturated carbocycles. The SMILES string of the molecule is CCS(=O)(=O)[C@](Cl)(Br)[C@H](O)c1cccc(C)c1. The Bertz CT molecular complexity index is 499. The number of aryl methyl sites for hydroxylation is 1. The number of hydrogen-bond donors (Lipinski definition) is 1. The zero-order valence-corrected chi connectivity index (χ0v) is 12.7. The lowest BCUT2D eigenvalue weighted by atomic mass is 10.1. The van der Waals surface area contributed by atoms with Gasteiger partial charge in [0.15, 0.2) is 9.84 Å². The second-order valence-electron chi connectivity index (χ2n) is 3.78. The lowest BCUT2D eigenvalue weighted by Crippen LogP contribution is -2.34. The van der Waals surface area contributed by atoms with Crippen LogP contribution in [0.3, 0.4) is 0 Å². The second kappa shape index (κ2) is 5.26. The summed E-state index contributed by atoms with van der Waals surface area (Å²) in [6.45, 7) is 3.34. The zero-order valence-electron chi connectivity index (χ0n) is 9.52. The first kappa shape index (κ1) is 15.0. The van der Waals surface area contributed by atoms with Crippen molar-refractivity contribution in [3.8, 4) is 0 Å². The minimum atomic E-state index is -3.63. The summed E-state index contributed by atoms with van der Waals surface area (Å²) in [6.07, 6.45) is -1.32. The maximum atomic E-state index is 11.8. The fourth-order valence-corrected chi connectivity index (χ4v) is 3.66. The number of alkyl halides is 2. The van der Waals surface area contributed by atoms with Gasteiger partial charge < -0.3 is 5.11 Å². The van der Waals surface area contributed by atoms with Crippen LogP contribution < -0.4 is 0 Å². The van der Waals surface area contributed by atoms with Crippen LogP contribution >= 0.6 is 27.5 Å². The van der Waals surface area contributed by atoms with Gasteiger partial charge in [-0.25, -0.2) is 8.42 Å². The highest BCUT2D eigenvalue weighted by atomic mass is 79.9. The van der Waals surface area contributed by atoms with Crippen LogP contribution in [0.1, 0.15) is 24.2 Å². The smallest absolute Gasteiger partial charge is 0.229 e. The predicted molar refractivity (Wildman–Crippen MR) is 73.1 cm³/mol. The molecule has 0 bridgehead atoms. The highest BCUT2D eigenvalue weighted by Gasteiger charge is 2.45. The third kappa shape index (κ3) is 3.02. The summed E-state index contributed by atoms with van der Waals surface area (Å²) in [5.41, 5.74) is 1.39. The van der Waals surface area contributed by atoms with Crippen LogP contribution in [-0.4, -0.2) is 22.4 Å². The van der Waals surface area contributed by atoms with Crippen LogP contribution in [0.4, 0.5) is 0 Å². The van der Waals surface area contributed by atoms with E-state index in [1.165, 1.54) is 6.92 Å². The van der Waals surface area contributed by atoms with Crippen molar-refractivity contribution in [1.82, 2.24) is 0 Å². The Labute approximate surface area is 115 Å². The molecule has 0 amide bonds. The van der Waals surface area contributed by atoms with E-state index in [2.05, 4.69) is 15.9 Å². The highest BCUT2D eigenvalue weighted by molar-refractivity contribution is 9.12. The minimum absolute atomic E-state index is 0.148. The molecular formula is C11H14BrClO3S. The molecule has 0 aliphatic rings. The van der Waals surface area contributed by atoms with E-state index in [-0.39, 0.29) is 5.75 Å². The van der Waals surface area contributed by atoms with Crippen LogP contribution in [0.15, 0.2) is 24.3 Å². The number of halogens is 2. The monoisotopic (exact) mass is 340 g/mol. The molecule has 3 nitrogen and oxygen atoms in total. The van der Waals surface area contributed by atoms with E-state index in [1.807, 2.05) is 13.0 Å². The Hall–Kier alpha value is -0.100. The largest absolute Gasteiger partial charge is 0.385 e. The molecule has 0 fully saturated rings. The number of benzene rings is 1. The summed E-state index contributed by atoms with van der Waals surface area (Å²) in [5.74, 6) is -0.148. The lowest BCUT2D eigenvalue weighted by Gasteiger charge is -2.26. The van der Waals surface area contributed by atoms with E-state index in [0.29, 0.717) is 5.56 Å². The Morgan fingerprint density at radius 2 is 2.12 bits per heavy atom. The van der Waals surface area contributed by atoms with E-state index < -0.39 is 19.1 Å². The number of sulfone groups is 1. The summed E-state index contributed by atoms with van der Waals surface area (Å²) in [7, 11) is -3.63. The molecule has 0 unspecified atom stereocenters. The van der Waals surface area contributed by atoms with Crippen molar-refractivity contribution in [3.05, 3.63) is 35.4 Å². The fourth-order valence-electron chi connectivity index (χ4n) is 1.40. The average Bonchev–Trinajstić information content (AvgIpc) is 2.27. The zero-order chi connectivity index (χ0) is 13.3. The number of rotatable bonds is 4. The topological polar surface area (TPSA) is 54.4 Å². The van der Waals surface area contributed by atoms with Gasteiger partial charge in [-0.1, -0.05) is 48.4 Å². The van der Waals surface area contributed by atoms with Crippen molar-refractivity contribution in [2.75, 3.05) is 5.75 Å². The van der Waals surface area contributed by atoms with Gasteiger partial charge in [-0.15, -0.1) is 0 Å². The van der Waals surface area contributed by atoms with Gasteiger partial charge in [-0.2, -0.15) is 0 Å². The van der Waals surface area contributed by atoms with Crippen molar-refractivity contribution < 1.29 is 13.5 Å². The van der Waals surface area contributed by atoms with Gasteiger partial charge in [0.05, 0.1) is 5.75 Å². The molecule has 1 aromatic rings. The molecule has 0 heterocycles. The molecule has 17 heavy (non-hydrogen) atoms. The first-order valence-electron chi connectivity index (χ1n) is 5.07. The lowest BCUT2D eigenvalue weighted by molar-refractivity contribution is 0.185. The molecule has 6 heteroatoms. The number of hydrogen-bond acceptors (Lipinski definition) is 3. The average molecular weight is 342 g/mol. The standard InChI is InChI=1S/C11H14BrClO3S/c1-3-17(15,16)11(12,13)10(14)9-6-4-5-8(2)7-9/h4-7,10,14H,3H2,1-2H3/t10-,11+/m1/s1. The summed E-state index contributed by atoms with van der Waals surface area (Å²) >= 11 is 8.86. The molecular weight excluding hydrogens is 328 g/mol. The molecule has 1 aromatic carbocycles. The van der Waals surface area contributed by atoms with Gasteiger partial charge in [-0.05, 0) is 28.4 Å². The van der Waals surface area contributed by atoms with Crippen LogP contribution in [0, 0.1) is 6.92 Å². The Kier molecular flexibility index (Phi) is 4.63. The first-order valence-corrected chi connectivity index (χ1v) is 7.89. The maximum Gasteiger partial charge on any atom is 0.229 e. The fraction of sp³-hybridized carbons (Fsp3) is 0.455. The van der Waals surface area contributed by atoms with Gasteiger partial charge in [0.2, 0.25) is 3.12 Å². The predicted octanol–water partition coefficient (Wildman–Crippen LogP) is 2.75. The quantitative estimate of drug-likeness (QED) is 0.857. The van der Waals surface area contributed by atoms with Crippen LogP contribution in [0.5, 0.6) is 0 Å². The van der Waals surface area contributed by atoms with Crippen LogP contribution in [0.2, 0.25) is 0 Å². The minimum Gasteiger partial charge on any atom is -0.385 e. The number of aliphatic hydroxyl groups is 1. The Morgan fingerprint density at radius 3 is 2.59 bits per heavy atom. The molecule has 1 rings (SSSR count). The van der Waals surface area contributed by atoms with Gasteiger partial charge in [0.1, 0.15) is 6.10 Å². The van der Waals surface area contributed by atoms with Crippen molar-refractivity contribution in [3.63, 3.8) is 0 Å². The third-order valence-corrected chi connectivity index (χ3v) is 7.11. The van der Waals surface area contributed by atoms with Crippen LogP contribution in [0.25, 0.3) is 0 Å². The molecule has 0 spiro atoms. The molecule has 2 atom stereocenters. The summed E-state index contributed by atoms with van der Waals surface area (Å²) in [6, 6.07) is 6.94. The van der Waals surface area contributed by atoms with Gasteiger partial charge >= 0.3 is 0 Å². The van der Waals surface area contributed by atoms with Crippen molar-refractivity contribution in [1.29, 1.82) is 0 Å². The van der Waals surface area contributed by atoms with E-state index >= 15 is 0 Å². The Balaban J connectivity index is 3.17. The molecule has 0 aliphatic carbocycles. The summed E-state index contributed by atoms with van der Waals surface area (Å²) in [4.78, 5) is 0. The Morgan fingerprint density at radius 1 is 1.53 bits per heavy atom. The van der Waals surface area contributed by atoms with E-state index in [1.54, 1.807) is 18.2 Å². The van der Waals surface area contributed by atoms with Crippen molar-refractivity contribution >= 4 is 37.4 Å². The van der Waals surface area contributed by atoms with Crippen LogP contribution in [-0.2, 0) is 9.84 Å². The maximum absolute atomic E-state index is 11.8. The first-order chi connectivity index (χ1) is 7.72. The van der Waals surface area contributed by atoms with Crippen molar-refractivity contribution in [2.45, 2.75) is 23.1 Å². The van der Waals surface area contributed by atoms with E-state index in [4.69, 9.17) is 11.6 Å². The summed E-state index contributed by atoms with van der Waals surface area (Å²) in [5, 5.41) is 10.1. The van der Waals surface area contributed by atoms with Gasteiger partial charge in [0, 0.05) is 0 Å². The molecule has 0 radical (unpaired) electrons. The molecule has 0 aliphatic heterocycles.